The summed E-state index contributed by atoms with van der Waals surface area (Å²) in [7, 11) is -1.53. The van der Waals surface area contributed by atoms with E-state index in [-0.39, 0.29) is 22.8 Å². The molecule has 2 rings (SSSR count). The van der Waals surface area contributed by atoms with E-state index in [0.29, 0.717) is 25.5 Å². The van der Waals surface area contributed by atoms with Crippen LogP contribution in [-0.4, -0.2) is 55.1 Å². The van der Waals surface area contributed by atoms with Gasteiger partial charge in [0.2, 0.25) is 11.2 Å². The van der Waals surface area contributed by atoms with Crippen molar-refractivity contribution in [1.29, 1.82) is 0 Å². The molecule has 1 aromatic rings. The molecule has 0 amide bonds. The highest BCUT2D eigenvalue weighted by Crippen LogP contribution is 2.17. The van der Waals surface area contributed by atoms with E-state index in [9.17, 15) is 8.42 Å². The lowest BCUT2D eigenvalue weighted by atomic mass is 10.4. The predicted molar refractivity (Wildman–Crippen MR) is 66.9 cm³/mol. The molecule has 1 aliphatic heterocycles. The Morgan fingerprint density at radius 2 is 2.00 bits per heavy atom. The summed E-state index contributed by atoms with van der Waals surface area (Å²) in [6.07, 6.45) is 0.550. The second-order valence-corrected chi connectivity index (χ2v) is 6.53. The first-order chi connectivity index (χ1) is 8.50. The van der Waals surface area contributed by atoms with Gasteiger partial charge in [-0.25, -0.2) is 8.42 Å². The summed E-state index contributed by atoms with van der Waals surface area (Å²) in [6, 6.07) is 0.122. The molecule has 0 unspecified atom stereocenters. The average Bonchev–Trinajstić information content (AvgIpc) is 2.49. The van der Waals surface area contributed by atoms with Gasteiger partial charge >= 0.3 is 6.01 Å². The molecule has 0 atom stereocenters. The number of nitrogens with zero attached hydrogens (tertiary/aromatic N) is 4. The fourth-order valence-corrected chi connectivity index (χ4v) is 3.11. The molecule has 1 aliphatic rings. The summed E-state index contributed by atoms with van der Waals surface area (Å²) >= 11 is 5.76. The number of anilines is 1. The average molecular weight is 293 g/mol. The maximum absolute atomic E-state index is 11.5. The molecule has 0 saturated carbocycles. The fraction of sp³-hybridized carbons (Fsp3) is 0.667. The largest absolute Gasteiger partial charge is 0.467 e. The van der Waals surface area contributed by atoms with Crippen molar-refractivity contribution < 1.29 is 13.2 Å². The number of halogens is 1. The third-order valence-electron chi connectivity index (χ3n) is 2.60. The van der Waals surface area contributed by atoms with Crippen molar-refractivity contribution in [3.63, 3.8) is 0 Å². The van der Waals surface area contributed by atoms with E-state index in [4.69, 9.17) is 16.3 Å². The van der Waals surface area contributed by atoms with Crippen LogP contribution in [0.1, 0.15) is 6.42 Å². The zero-order valence-electron chi connectivity index (χ0n) is 9.84. The highest BCUT2D eigenvalue weighted by molar-refractivity contribution is 7.91. The summed E-state index contributed by atoms with van der Waals surface area (Å²) in [4.78, 5) is 13.6. The van der Waals surface area contributed by atoms with Crippen LogP contribution in [0, 0.1) is 0 Å². The van der Waals surface area contributed by atoms with Gasteiger partial charge in [0.1, 0.15) is 0 Å². The molecular formula is C9H13ClN4O3S. The predicted octanol–water partition coefficient (Wildman–Crippen LogP) is 0.158. The molecule has 1 saturated heterocycles. The van der Waals surface area contributed by atoms with Crippen molar-refractivity contribution in [3.05, 3.63) is 5.28 Å². The van der Waals surface area contributed by atoms with E-state index in [0.717, 1.165) is 0 Å². The van der Waals surface area contributed by atoms with Crippen molar-refractivity contribution in [2.24, 2.45) is 0 Å². The van der Waals surface area contributed by atoms with Gasteiger partial charge in [-0.2, -0.15) is 15.0 Å². The van der Waals surface area contributed by atoms with E-state index >= 15 is 0 Å². The fourth-order valence-electron chi connectivity index (χ4n) is 1.69. The lowest BCUT2D eigenvalue weighted by Gasteiger charge is -2.19. The number of sulfone groups is 1. The summed E-state index contributed by atoms with van der Waals surface area (Å²) in [5, 5.41) is 0.0314. The summed E-state index contributed by atoms with van der Waals surface area (Å²) < 4.78 is 27.9. The standard InChI is InChI=1S/C9H13ClN4O3S/c1-17-9-12-7(10)11-8(13-9)14-3-2-5-18(15,16)6-4-14/h2-6H2,1H3. The van der Waals surface area contributed by atoms with Crippen LogP contribution in [0.2, 0.25) is 5.28 Å². The molecule has 0 aliphatic carbocycles. The second-order valence-electron chi connectivity index (χ2n) is 3.88. The van der Waals surface area contributed by atoms with Gasteiger partial charge in [0, 0.05) is 13.1 Å². The van der Waals surface area contributed by atoms with Crippen LogP contribution in [0.3, 0.4) is 0 Å². The third kappa shape index (κ3) is 3.20. The first-order valence-electron chi connectivity index (χ1n) is 5.41. The highest BCUT2D eigenvalue weighted by Gasteiger charge is 2.21. The lowest BCUT2D eigenvalue weighted by molar-refractivity contribution is 0.378. The Balaban J connectivity index is 2.23. The normalized spacial score (nSPS) is 19.3. The van der Waals surface area contributed by atoms with Crippen LogP contribution in [-0.2, 0) is 9.84 Å². The number of ether oxygens (including phenoxy) is 1. The number of aromatic nitrogens is 3. The molecule has 0 aromatic carbocycles. The first-order valence-corrected chi connectivity index (χ1v) is 7.61. The van der Waals surface area contributed by atoms with Gasteiger partial charge < -0.3 is 9.64 Å². The molecule has 0 N–H and O–H groups in total. The van der Waals surface area contributed by atoms with Crippen LogP contribution in [0.4, 0.5) is 5.95 Å². The maximum Gasteiger partial charge on any atom is 0.322 e. The Morgan fingerprint density at radius 1 is 1.22 bits per heavy atom. The summed E-state index contributed by atoms with van der Waals surface area (Å²) in [6.45, 7) is 0.925. The minimum absolute atomic E-state index is 0.0314. The van der Waals surface area contributed by atoms with Crippen molar-refractivity contribution >= 4 is 27.4 Å². The number of hydrogen-bond acceptors (Lipinski definition) is 7. The van der Waals surface area contributed by atoms with Gasteiger partial charge in [-0.15, -0.1) is 0 Å². The quantitative estimate of drug-likeness (QED) is 0.767. The molecular weight excluding hydrogens is 280 g/mol. The monoisotopic (exact) mass is 292 g/mol. The topological polar surface area (TPSA) is 85.3 Å². The molecule has 7 nitrogen and oxygen atoms in total. The first kappa shape index (κ1) is 13.3. The van der Waals surface area contributed by atoms with E-state index in [2.05, 4.69) is 15.0 Å². The van der Waals surface area contributed by atoms with Crippen molar-refractivity contribution in [1.82, 2.24) is 15.0 Å². The minimum Gasteiger partial charge on any atom is -0.467 e. The van der Waals surface area contributed by atoms with Crippen LogP contribution in [0.25, 0.3) is 0 Å². The number of hydrogen-bond donors (Lipinski definition) is 0. The molecule has 1 fully saturated rings. The number of methoxy groups -OCH3 is 1. The van der Waals surface area contributed by atoms with E-state index in [1.165, 1.54) is 7.11 Å². The maximum atomic E-state index is 11.5. The molecule has 1 aromatic heterocycles. The van der Waals surface area contributed by atoms with Gasteiger partial charge in [-0.1, -0.05) is 0 Å². The minimum atomic E-state index is -2.96. The number of rotatable bonds is 2. The Kier molecular flexibility index (Phi) is 3.86. The van der Waals surface area contributed by atoms with Gasteiger partial charge in [0.05, 0.1) is 18.6 Å². The van der Waals surface area contributed by atoms with Gasteiger partial charge in [-0.05, 0) is 18.0 Å². The van der Waals surface area contributed by atoms with Crippen molar-refractivity contribution in [2.45, 2.75) is 6.42 Å². The second kappa shape index (κ2) is 5.23. The smallest absolute Gasteiger partial charge is 0.322 e. The Labute approximate surface area is 110 Å². The highest BCUT2D eigenvalue weighted by atomic mass is 35.5. The molecule has 0 spiro atoms. The zero-order chi connectivity index (χ0) is 13.2. The van der Waals surface area contributed by atoms with Crippen molar-refractivity contribution in [3.8, 4) is 6.01 Å². The van der Waals surface area contributed by atoms with Gasteiger partial charge in [-0.3, -0.25) is 0 Å². The Hall–Kier alpha value is -1.15. The Morgan fingerprint density at radius 3 is 2.72 bits per heavy atom. The molecule has 100 valence electrons. The zero-order valence-corrected chi connectivity index (χ0v) is 11.4. The third-order valence-corrected chi connectivity index (χ3v) is 4.48. The molecule has 9 heteroatoms. The van der Waals surface area contributed by atoms with Crippen LogP contribution >= 0.6 is 11.6 Å². The van der Waals surface area contributed by atoms with Gasteiger partial charge in [0.25, 0.3) is 0 Å². The van der Waals surface area contributed by atoms with E-state index in [1.807, 2.05) is 0 Å². The summed E-state index contributed by atoms with van der Waals surface area (Å²) in [5.74, 6) is 0.641. The van der Waals surface area contributed by atoms with Crippen molar-refractivity contribution in [2.75, 3.05) is 36.6 Å². The van der Waals surface area contributed by atoms with Gasteiger partial charge in [0.15, 0.2) is 9.84 Å². The lowest BCUT2D eigenvalue weighted by Crippen LogP contribution is -2.28. The van der Waals surface area contributed by atoms with Crippen LogP contribution in [0.15, 0.2) is 0 Å². The molecule has 0 radical (unpaired) electrons. The molecule has 2 heterocycles. The van der Waals surface area contributed by atoms with Crippen LogP contribution in [0.5, 0.6) is 6.01 Å². The van der Waals surface area contributed by atoms with E-state index < -0.39 is 9.84 Å². The van der Waals surface area contributed by atoms with E-state index in [1.54, 1.807) is 4.90 Å². The SMILES string of the molecule is COc1nc(Cl)nc(N2CCCS(=O)(=O)CC2)n1. The molecule has 18 heavy (non-hydrogen) atoms. The van der Waals surface area contributed by atoms with Crippen LogP contribution < -0.4 is 9.64 Å². The summed E-state index contributed by atoms with van der Waals surface area (Å²) in [5.41, 5.74) is 0. The molecule has 0 bridgehead atoms. The Bertz CT molecular complexity index is 537.